The SMILES string of the molecule is Cc1cc(C)cc(N(C)CC2CCCC2=O)c1. The van der Waals surface area contributed by atoms with Gasteiger partial charge in [-0.25, -0.2) is 0 Å². The molecule has 2 heteroatoms. The Kier molecular flexibility index (Phi) is 3.51. The Morgan fingerprint density at radius 2 is 1.88 bits per heavy atom. The summed E-state index contributed by atoms with van der Waals surface area (Å²) in [4.78, 5) is 13.9. The van der Waals surface area contributed by atoms with Crippen LogP contribution in [0.2, 0.25) is 0 Å². The summed E-state index contributed by atoms with van der Waals surface area (Å²) in [5.74, 6) is 0.696. The van der Waals surface area contributed by atoms with Gasteiger partial charge < -0.3 is 4.90 Å². The molecule has 0 amide bonds. The number of carbonyl (C=O) groups excluding carboxylic acids is 1. The molecule has 0 aromatic heterocycles. The third-order valence-electron chi connectivity index (χ3n) is 3.57. The van der Waals surface area contributed by atoms with Gasteiger partial charge in [-0.1, -0.05) is 6.07 Å². The van der Waals surface area contributed by atoms with Crippen LogP contribution in [0.25, 0.3) is 0 Å². The maximum atomic E-state index is 11.6. The van der Waals surface area contributed by atoms with Crippen molar-refractivity contribution in [1.29, 1.82) is 0 Å². The third kappa shape index (κ3) is 2.87. The second-order valence-corrected chi connectivity index (χ2v) is 5.28. The quantitative estimate of drug-likeness (QED) is 0.796. The summed E-state index contributed by atoms with van der Waals surface area (Å²) >= 11 is 0. The molecule has 0 saturated heterocycles. The number of ketones is 1. The summed E-state index contributed by atoms with van der Waals surface area (Å²) in [5.41, 5.74) is 3.79. The number of anilines is 1. The van der Waals surface area contributed by atoms with Crippen molar-refractivity contribution < 1.29 is 4.79 Å². The van der Waals surface area contributed by atoms with E-state index in [1.807, 2.05) is 0 Å². The monoisotopic (exact) mass is 231 g/mol. The van der Waals surface area contributed by atoms with E-state index in [4.69, 9.17) is 0 Å². The predicted molar refractivity (Wildman–Crippen MR) is 71.5 cm³/mol. The Bertz CT molecular complexity index is 405. The van der Waals surface area contributed by atoms with Gasteiger partial charge in [-0.15, -0.1) is 0 Å². The molecule has 1 unspecified atom stereocenters. The summed E-state index contributed by atoms with van der Waals surface area (Å²) in [6, 6.07) is 6.55. The number of carbonyl (C=O) groups is 1. The lowest BCUT2D eigenvalue weighted by molar-refractivity contribution is -0.120. The molecule has 1 aromatic carbocycles. The van der Waals surface area contributed by atoms with Gasteiger partial charge in [-0.05, 0) is 49.9 Å². The maximum absolute atomic E-state index is 11.6. The van der Waals surface area contributed by atoms with Crippen molar-refractivity contribution in [3.63, 3.8) is 0 Å². The molecular weight excluding hydrogens is 210 g/mol. The van der Waals surface area contributed by atoms with Crippen LogP contribution in [0.1, 0.15) is 30.4 Å². The average molecular weight is 231 g/mol. The van der Waals surface area contributed by atoms with Gasteiger partial charge >= 0.3 is 0 Å². The van der Waals surface area contributed by atoms with E-state index in [9.17, 15) is 4.79 Å². The first-order valence-corrected chi connectivity index (χ1v) is 6.38. The van der Waals surface area contributed by atoms with Crippen molar-refractivity contribution in [2.45, 2.75) is 33.1 Å². The molecule has 17 heavy (non-hydrogen) atoms. The second-order valence-electron chi connectivity index (χ2n) is 5.28. The fourth-order valence-corrected chi connectivity index (χ4v) is 2.69. The molecule has 1 atom stereocenters. The smallest absolute Gasteiger partial charge is 0.137 e. The van der Waals surface area contributed by atoms with Crippen molar-refractivity contribution in [3.05, 3.63) is 29.3 Å². The molecule has 0 aliphatic heterocycles. The largest absolute Gasteiger partial charge is 0.374 e. The maximum Gasteiger partial charge on any atom is 0.137 e. The highest BCUT2D eigenvalue weighted by Gasteiger charge is 2.25. The predicted octanol–water partition coefficient (Wildman–Crippen LogP) is 3.11. The number of hydrogen-bond donors (Lipinski definition) is 0. The Balaban J connectivity index is 2.08. The van der Waals surface area contributed by atoms with Crippen molar-refractivity contribution in [2.24, 2.45) is 5.92 Å². The van der Waals surface area contributed by atoms with Gasteiger partial charge in [0, 0.05) is 31.6 Å². The van der Waals surface area contributed by atoms with Crippen LogP contribution in [-0.4, -0.2) is 19.4 Å². The molecule has 1 fully saturated rings. The van der Waals surface area contributed by atoms with Crippen LogP contribution in [0.5, 0.6) is 0 Å². The molecule has 0 bridgehead atoms. The van der Waals surface area contributed by atoms with E-state index in [2.05, 4.69) is 44.0 Å². The van der Waals surface area contributed by atoms with Crippen LogP contribution in [0.3, 0.4) is 0 Å². The highest BCUT2D eigenvalue weighted by atomic mass is 16.1. The van der Waals surface area contributed by atoms with E-state index in [0.29, 0.717) is 5.78 Å². The molecule has 1 aliphatic carbocycles. The first-order valence-electron chi connectivity index (χ1n) is 6.38. The molecule has 2 nitrogen and oxygen atoms in total. The highest BCUT2D eigenvalue weighted by molar-refractivity contribution is 5.83. The zero-order chi connectivity index (χ0) is 12.4. The molecule has 0 N–H and O–H groups in total. The van der Waals surface area contributed by atoms with Crippen LogP contribution >= 0.6 is 0 Å². The molecule has 0 spiro atoms. The number of rotatable bonds is 3. The van der Waals surface area contributed by atoms with E-state index in [-0.39, 0.29) is 5.92 Å². The molecule has 92 valence electrons. The Hall–Kier alpha value is -1.31. The summed E-state index contributed by atoms with van der Waals surface area (Å²) in [5, 5.41) is 0. The second kappa shape index (κ2) is 4.91. The van der Waals surface area contributed by atoms with E-state index >= 15 is 0 Å². The lowest BCUT2D eigenvalue weighted by Crippen LogP contribution is -2.27. The summed E-state index contributed by atoms with van der Waals surface area (Å²) in [6.07, 6.45) is 2.92. The minimum atomic E-state index is 0.251. The van der Waals surface area contributed by atoms with E-state index < -0.39 is 0 Å². The Labute approximate surface area is 104 Å². The normalized spacial score (nSPS) is 19.7. The minimum Gasteiger partial charge on any atom is -0.374 e. The lowest BCUT2D eigenvalue weighted by atomic mass is 10.1. The number of benzene rings is 1. The standard InChI is InChI=1S/C15H21NO/c1-11-7-12(2)9-14(8-11)16(3)10-13-5-4-6-15(13)17/h7-9,13H,4-6,10H2,1-3H3. The first kappa shape index (κ1) is 12.2. The first-order chi connectivity index (χ1) is 8.06. The molecule has 1 saturated carbocycles. The molecule has 2 rings (SSSR count). The zero-order valence-electron chi connectivity index (χ0n) is 11.0. The fourth-order valence-electron chi connectivity index (χ4n) is 2.69. The fraction of sp³-hybridized carbons (Fsp3) is 0.533. The van der Waals surface area contributed by atoms with Crippen molar-refractivity contribution in [3.8, 4) is 0 Å². The zero-order valence-corrected chi connectivity index (χ0v) is 11.0. The topological polar surface area (TPSA) is 20.3 Å². The van der Waals surface area contributed by atoms with Gasteiger partial charge in [-0.2, -0.15) is 0 Å². The number of nitrogens with zero attached hydrogens (tertiary/aromatic N) is 1. The number of aryl methyl sites for hydroxylation is 2. The average Bonchev–Trinajstić information content (AvgIpc) is 2.63. The molecule has 0 radical (unpaired) electrons. The summed E-state index contributed by atoms with van der Waals surface area (Å²) < 4.78 is 0. The van der Waals surface area contributed by atoms with Crippen LogP contribution in [0.15, 0.2) is 18.2 Å². The summed E-state index contributed by atoms with van der Waals surface area (Å²) in [6.45, 7) is 5.10. The van der Waals surface area contributed by atoms with Gasteiger partial charge in [-0.3, -0.25) is 4.79 Å². The van der Waals surface area contributed by atoms with Gasteiger partial charge in [0.2, 0.25) is 0 Å². The van der Waals surface area contributed by atoms with Crippen molar-refractivity contribution >= 4 is 11.5 Å². The van der Waals surface area contributed by atoms with Crippen LogP contribution < -0.4 is 4.90 Å². The van der Waals surface area contributed by atoms with E-state index in [0.717, 1.165) is 25.8 Å². The van der Waals surface area contributed by atoms with E-state index in [1.54, 1.807) is 0 Å². The molecule has 0 heterocycles. The third-order valence-corrected chi connectivity index (χ3v) is 3.57. The van der Waals surface area contributed by atoms with Gasteiger partial charge in [0.15, 0.2) is 0 Å². The minimum absolute atomic E-state index is 0.251. The summed E-state index contributed by atoms with van der Waals surface area (Å²) in [7, 11) is 2.08. The van der Waals surface area contributed by atoms with Crippen molar-refractivity contribution in [1.82, 2.24) is 0 Å². The lowest BCUT2D eigenvalue weighted by Gasteiger charge is -2.23. The molecule has 1 aromatic rings. The Morgan fingerprint density at radius 3 is 2.41 bits per heavy atom. The van der Waals surface area contributed by atoms with Gasteiger partial charge in [0.05, 0.1) is 0 Å². The highest BCUT2D eigenvalue weighted by Crippen LogP contribution is 2.25. The van der Waals surface area contributed by atoms with Crippen LogP contribution in [0, 0.1) is 19.8 Å². The molecule has 1 aliphatic rings. The van der Waals surface area contributed by atoms with Crippen molar-refractivity contribution in [2.75, 3.05) is 18.5 Å². The Morgan fingerprint density at radius 1 is 1.24 bits per heavy atom. The van der Waals surface area contributed by atoms with Gasteiger partial charge in [0.1, 0.15) is 5.78 Å². The van der Waals surface area contributed by atoms with Crippen LogP contribution in [-0.2, 0) is 4.79 Å². The number of Topliss-reactive ketones (excluding diaryl/α,β-unsaturated/α-hetero) is 1. The van der Waals surface area contributed by atoms with Gasteiger partial charge in [0.25, 0.3) is 0 Å². The number of hydrogen-bond acceptors (Lipinski definition) is 2. The van der Waals surface area contributed by atoms with Crippen LogP contribution in [0.4, 0.5) is 5.69 Å². The van der Waals surface area contributed by atoms with E-state index in [1.165, 1.54) is 16.8 Å². The molecular formula is C15H21NO.